The fourth-order valence-electron chi connectivity index (χ4n) is 9.45. The summed E-state index contributed by atoms with van der Waals surface area (Å²) in [6.45, 7) is 9.25. The van der Waals surface area contributed by atoms with Crippen molar-refractivity contribution in [3.05, 3.63) is 191 Å². The van der Waals surface area contributed by atoms with E-state index in [0.717, 1.165) is 39.6 Å². The Kier molecular flexibility index (Phi) is 7.27. The highest BCUT2D eigenvalue weighted by atomic mass is 32.1. The van der Waals surface area contributed by atoms with Crippen LogP contribution in [-0.2, 0) is 5.41 Å². The number of hydrogen-bond donors (Lipinski definition) is 0. The van der Waals surface area contributed by atoms with E-state index in [4.69, 9.17) is 9.98 Å². The highest BCUT2D eigenvalue weighted by Gasteiger charge is 2.38. The second-order valence-electron chi connectivity index (χ2n) is 15.8. The summed E-state index contributed by atoms with van der Waals surface area (Å²) >= 11 is 1.84. The van der Waals surface area contributed by atoms with Crippen LogP contribution in [-0.4, -0.2) is 16.1 Å². The smallest absolute Gasteiger partial charge is 0.160 e. The molecule has 1 unspecified atom stereocenters. The average molecular weight is 738 g/mol. The summed E-state index contributed by atoms with van der Waals surface area (Å²) in [5.74, 6) is 0.779. The molecule has 3 nitrogen and oxygen atoms in total. The molecule has 2 aliphatic rings. The predicted octanol–water partition coefficient (Wildman–Crippen LogP) is 13.8. The monoisotopic (exact) mass is 737 g/mol. The molecule has 0 radical (unpaired) electrons. The molecular formula is C52H39N3S. The fraction of sp³-hybridized carbons (Fsp3) is 0.115. The van der Waals surface area contributed by atoms with E-state index in [0.29, 0.717) is 0 Å². The zero-order valence-corrected chi connectivity index (χ0v) is 32.7. The molecule has 0 spiro atoms. The lowest BCUT2D eigenvalue weighted by atomic mass is 9.80. The first kappa shape index (κ1) is 33.0. The summed E-state index contributed by atoms with van der Waals surface area (Å²) in [7, 11) is 0. The minimum absolute atomic E-state index is 0.0573. The van der Waals surface area contributed by atoms with Gasteiger partial charge < -0.3 is 4.57 Å². The molecule has 0 amide bonds. The summed E-state index contributed by atoms with van der Waals surface area (Å²) in [4.78, 5) is 11.0. The van der Waals surface area contributed by atoms with Crippen molar-refractivity contribution >= 4 is 70.6 Å². The molecule has 0 fully saturated rings. The molecule has 0 N–H and O–H groups in total. The van der Waals surface area contributed by atoms with Crippen LogP contribution in [0.1, 0.15) is 55.5 Å². The molecule has 268 valence electrons. The second kappa shape index (κ2) is 12.3. The van der Waals surface area contributed by atoms with Crippen LogP contribution in [0.25, 0.3) is 64.5 Å². The van der Waals surface area contributed by atoms with Gasteiger partial charge >= 0.3 is 0 Å². The number of benzene rings is 7. The van der Waals surface area contributed by atoms with E-state index in [9.17, 15) is 0 Å². The summed E-state index contributed by atoms with van der Waals surface area (Å²) in [6, 6.07) is 57.4. The first-order valence-corrected chi connectivity index (χ1v) is 20.3. The Morgan fingerprint density at radius 1 is 0.571 bits per heavy atom. The highest BCUT2D eigenvalue weighted by Crippen LogP contribution is 2.53. The van der Waals surface area contributed by atoms with Gasteiger partial charge in [0.15, 0.2) is 5.84 Å². The van der Waals surface area contributed by atoms with Crippen molar-refractivity contribution in [3.63, 3.8) is 0 Å². The molecule has 1 atom stereocenters. The molecule has 0 bridgehead atoms. The molecule has 11 rings (SSSR count). The van der Waals surface area contributed by atoms with Gasteiger partial charge in [-0.05, 0) is 76.7 Å². The van der Waals surface area contributed by atoms with E-state index in [1.165, 1.54) is 69.8 Å². The van der Waals surface area contributed by atoms with Crippen molar-refractivity contribution in [1.82, 2.24) is 4.57 Å². The van der Waals surface area contributed by atoms with Gasteiger partial charge in [-0.25, -0.2) is 9.98 Å². The minimum atomic E-state index is -0.129. The van der Waals surface area contributed by atoms with Gasteiger partial charge in [0.05, 0.1) is 22.4 Å². The zero-order valence-electron chi connectivity index (χ0n) is 31.8. The topological polar surface area (TPSA) is 29.6 Å². The predicted molar refractivity (Wildman–Crippen MR) is 239 cm³/mol. The molecule has 3 heterocycles. The minimum Gasteiger partial charge on any atom is -0.309 e. The number of allylic oxidation sites excluding steroid dienone is 1. The standard InChI is InChI=1S/C52H39N3S/c1-31-32(2)50(34-25-26-39-38-20-10-13-24-45(38)56-46(39)30-34)54-51(53-49(31)33-15-6-5-7-16-33)35-17-14-18-36(29-35)55-43-23-12-9-21-41(43)47-44(55)28-27-40-37-19-8-11-22-42(37)52(3,4)48(40)47/h5-31H,1-4H3. The van der Waals surface area contributed by atoms with Crippen molar-refractivity contribution in [2.24, 2.45) is 15.9 Å². The van der Waals surface area contributed by atoms with Crippen LogP contribution < -0.4 is 0 Å². The summed E-state index contributed by atoms with van der Waals surface area (Å²) in [5.41, 5.74) is 15.3. The quantitative estimate of drug-likeness (QED) is 0.172. The molecule has 0 saturated carbocycles. The van der Waals surface area contributed by atoms with Crippen LogP contribution in [0.15, 0.2) is 173 Å². The van der Waals surface area contributed by atoms with Crippen molar-refractivity contribution in [2.45, 2.75) is 33.1 Å². The Morgan fingerprint density at radius 3 is 2.18 bits per heavy atom. The fourth-order valence-corrected chi connectivity index (χ4v) is 10.6. The Hall–Kier alpha value is -6.36. The number of aromatic nitrogens is 1. The van der Waals surface area contributed by atoms with Crippen molar-refractivity contribution in [2.75, 3.05) is 0 Å². The van der Waals surface area contributed by atoms with E-state index < -0.39 is 0 Å². The van der Waals surface area contributed by atoms with Gasteiger partial charge in [-0.3, -0.25) is 0 Å². The van der Waals surface area contributed by atoms with Gasteiger partial charge in [-0.2, -0.15) is 0 Å². The highest BCUT2D eigenvalue weighted by molar-refractivity contribution is 7.25. The zero-order chi connectivity index (χ0) is 37.7. The number of fused-ring (bicyclic) bond motifs is 10. The van der Waals surface area contributed by atoms with Gasteiger partial charge in [0.1, 0.15) is 0 Å². The summed E-state index contributed by atoms with van der Waals surface area (Å²) in [5, 5.41) is 5.19. The maximum absolute atomic E-state index is 5.52. The van der Waals surface area contributed by atoms with E-state index >= 15 is 0 Å². The molecule has 0 saturated heterocycles. The van der Waals surface area contributed by atoms with E-state index in [-0.39, 0.29) is 11.3 Å². The molecular weight excluding hydrogens is 699 g/mol. The van der Waals surface area contributed by atoms with Gasteiger partial charge in [0.2, 0.25) is 0 Å². The number of amidine groups is 1. The van der Waals surface area contributed by atoms with E-state index in [1.54, 1.807) is 0 Å². The van der Waals surface area contributed by atoms with Gasteiger partial charge in [0.25, 0.3) is 0 Å². The van der Waals surface area contributed by atoms with E-state index in [1.807, 2.05) is 11.3 Å². The molecule has 7 aromatic carbocycles. The Morgan fingerprint density at radius 2 is 1.30 bits per heavy atom. The van der Waals surface area contributed by atoms with Crippen LogP contribution >= 0.6 is 11.3 Å². The number of hydrogen-bond acceptors (Lipinski definition) is 3. The number of thiophene rings is 1. The third-order valence-electron chi connectivity index (χ3n) is 12.3. The second-order valence-corrected chi connectivity index (χ2v) is 16.9. The number of aliphatic imine (C=N–C) groups is 2. The lowest BCUT2D eigenvalue weighted by Gasteiger charge is -2.22. The maximum atomic E-state index is 5.52. The third-order valence-corrected chi connectivity index (χ3v) is 13.4. The Labute approximate surface area is 330 Å². The molecule has 2 aromatic heterocycles. The Balaban J connectivity index is 1.12. The van der Waals surface area contributed by atoms with Crippen molar-refractivity contribution < 1.29 is 0 Å². The summed E-state index contributed by atoms with van der Waals surface area (Å²) in [6.07, 6.45) is 0. The molecule has 1 aliphatic carbocycles. The first-order chi connectivity index (χ1) is 27.4. The average Bonchev–Trinajstić information content (AvgIpc) is 3.82. The summed E-state index contributed by atoms with van der Waals surface area (Å²) < 4.78 is 5.01. The van der Waals surface area contributed by atoms with Crippen LogP contribution in [0.4, 0.5) is 0 Å². The first-order valence-electron chi connectivity index (χ1n) is 19.5. The number of para-hydroxylation sites is 1. The van der Waals surface area contributed by atoms with Crippen LogP contribution in [0, 0.1) is 5.92 Å². The molecule has 56 heavy (non-hydrogen) atoms. The van der Waals surface area contributed by atoms with Gasteiger partial charge in [0, 0.05) is 59.1 Å². The SMILES string of the molecule is CC1=C(c2ccc3c(c2)sc2ccccc23)N=C(c2cccc(-n3c4ccccc4c4c5c(ccc43)-c3ccccc3C5(C)C)c2)N=C(c2ccccc2)C1C. The number of rotatable bonds is 4. The van der Waals surface area contributed by atoms with E-state index in [2.05, 4.69) is 190 Å². The lowest BCUT2D eigenvalue weighted by Crippen LogP contribution is -2.15. The normalized spacial score (nSPS) is 16.3. The lowest BCUT2D eigenvalue weighted by molar-refractivity contribution is 0.666. The van der Waals surface area contributed by atoms with Crippen LogP contribution in [0.5, 0.6) is 0 Å². The van der Waals surface area contributed by atoms with Gasteiger partial charge in [-0.15, -0.1) is 11.3 Å². The van der Waals surface area contributed by atoms with Crippen molar-refractivity contribution in [3.8, 4) is 16.8 Å². The van der Waals surface area contributed by atoms with Gasteiger partial charge in [-0.1, -0.05) is 142 Å². The molecule has 4 heteroatoms. The molecule has 1 aliphatic heterocycles. The largest absolute Gasteiger partial charge is 0.309 e. The van der Waals surface area contributed by atoms with Crippen LogP contribution in [0.2, 0.25) is 0 Å². The molecule has 9 aromatic rings. The van der Waals surface area contributed by atoms with Crippen LogP contribution in [0.3, 0.4) is 0 Å². The van der Waals surface area contributed by atoms with Crippen molar-refractivity contribution in [1.29, 1.82) is 0 Å². The third kappa shape index (κ3) is 4.82. The maximum Gasteiger partial charge on any atom is 0.160 e. The number of nitrogens with zero attached hydrogens (tertiary/aromatic N) is 3. The Bertz CT molecular complexity index is 3190.